The second kappa shape index (κ2) is 5.98. The first-order chi connectivity index (χ1) is 7.60. The Bertz CT molecular complexity index is 360. The third-order valence-electron chi connectivity index (χ3n) is 2.39. The molecule has 0 saturated heterocycles. The third-order valence-corrected chi connectivity index (χ3v) is 2.75. The molecule has 0 aliphatic heterocycles. The number of aliphatic hydroxyl groups excluding tert-OH is 1. The van der Waals surface area contributed by atoms with Crippen molar-refractivity contribution in [3.05, 3.63) is 16.3 Å². The summed E-state index contributed by atoms with van der Waals surface area (Å²) >= 11 is 5.84. The molecule has 2 N–H and O–H groups in total. The van der Waals surface area contributed by atoms with Crippen molar-refractivity contribution in [3.63, 3.8) is 0 Å². The van der Waals surface area contributed by atoms with Crippen LogP contribution in [0, 0.1) is 13.8 Å². The fourth-order valence-corrected chi connectivity index (χ4v) is 1.43. The van der Waals surface area contributed by atoms with Gasteiger partial charge in [0.2, 0.25) is 0 Å². The van der Waals surface area contributed by atoms with Crippen LogP contribution in [0.2, 0.25) is 5.15 Å². The van der Waals surface area contributed by atoms with E-state index in [2.05, 4.69) is 15.5 Å². The topological polar surface area (TPSA) is 67.3 Å². The summed E-state index contributed by atoms with van der Waals surface area (Å²) in [6.45, 7) is 4.15. The number of methoxy groups -OCH3 is 1. The quantitative estimate of drug-likeness (QED) is 0.815. The molecule has 0 aliphatic carbocycles. The minimum Gasteiger partial charge on any atom is -0.394 e. The van der Waals surface area contributed by atoms with Crippen LogP contribution in [-0.4, -0.2) is 41.7 Å². The van der Waals surface area contributed by atoms with Gasteiger partial charge in [-0.05, 0) is 25.0 Å². The average molecular weight is 246 g/mol. The van der Waals surface area contributed by atoms with Gasteiger partial charge in [-0.2, -0.15) is 0 Å². The maximum Gasteiger partial charge on any atom is 0.155 e. The molecular formula is C10H16ClN3O2. The largest absolute Gasteiger partial charge is 0.394 e. The molecule has 1 atom stereocenters. The zero-order valence-corrected chi connectivity index (χ0v) is 10.4. The predicted octanol–water partition coefficient (Wildman–Crippen LogP) is 1.17. The minimum atomic E-state index is -0.196. The molecule has 16 heavy (non-hydrogen) atoms. The van der Waals surface area contributed by atoms with Gasteiger partial charge in [-0.15, -0.1) is 10.2 Å². The fraction of sp³-hybridized carbons (Fsp3) is 0.600. The Kier molecular flexibility index (Phi) is 4.92. The molecule has 0 radical (unpaired) electrons. The summed E-state index contributed by atoms with van der Waals surface area (Å²) in [4.78, 5) is 0. The SMILES string of the molecule is COCC(CO)Nc1nnc(Cl)c(C)c1C. The number of anilines is 1. The van der Waals surface area contributed by atoms with Crippen molar-refractivity contribution in [3.8, 4) is 0 Å². The van der Waals surface area contributed by atoms with Crippen LogP contribution in [0.25, 0.3) is 0 Å². The van der Waals surface area contributed by atoms with Gasteiger partial charge in [0.1, 0.15) is 0 Å². The maximum atomic E-state index is 9.12. The number of aromatic nitrogens is 2. The minimum absolute atomic E-state index is 0.0311. The summed E-state index contributed by atoms with van der Waals surface area (Å²) in [6.07, 6.45) is 0. The van der Waals surface area contributed by atoms with E-state index < -0.39 is 0 Å². The Morgan fingerprint density at radius 3 is 2.62 bits per heavy atom. The zero-order valence-electron chi connectivity index (χ0n) is 9.62. The molecule has 90 valence electrons. The molecule has 1 aromatic rings. The van der Waals surface area contributed by atoms with Crippen LogP contribution >= 0.6 is 11.6 Å². The number of aliphatic hydroxyl groups is 1. The molecular weight excluding hydrogens is 230 g/mol. The van der Waals surface area contributed by atoms with Gasteiger partial charge < -0.3 is 15.2 Å². The zero-order chi connectivity index (χ0) is 12.1. The van der Waals surface area contributed by atoms with Crippen LogP contribution in [0.15, 0.2) is 0 Å². The van der Waals surface area contributed by atoms with Crippen LogP contribution in [0.5, 0.6) is 0 Å². The Morgan fingerprint density at radius 1 is 1.38 bits per heavy atom. The molecule has 1 rings (SSSR count). The number of ether oxygens (including phenoxy) is 1. The van der Waals surface area contributed by atoms with Crippen molar-refractivity contribution in [1.29, 1.82) is 0 Å². The summed E-state index contributed by atoms with van der Waals surface area (Å²) < 4.78 is 4.96. The van der Waals surface area contributed by atoms with Crippen LogP contribution < -0.4 is 5.32 Å². The number of nitrogens with one attached hydrogen (secondary N) is 1. The van der Waals surface area contributed by atoms with Crippen molar-refractivity contribution in [2.24, 2.45) is 0 Å². The highest BCUT2D eigenvalue weighted by Gasteiger charge is 2.12. The predicted molar refractivity (Wildman–Crippen MR) is 62.9 cm³/mol. The van der Waals surface area contributed by atoms with Crippen LogP contribution in [-0.2, 0) is 4.74 Å². The summed E-state index contributed by atoms with van der Waals surface area (Å²) in [5, 5.41) is 20.3. The lowest BCUT2D eigenvalue weighted by molar-refractivity contribution is 0.153. The molecule has 0 bridgehead atoms. The highest BCUT2D eigenvalue weighted by molar-refractivity contribution is 6.30. The van der Waals surface area contributed by atoms with E-state index in [4.69, 9.17) is 21.4 Å². The number of rotatable bonds is 5. The van der Waals surface area contributed by atoms with E-state index in [1.807, 2.05) is 13.8 Å². The van der Waals surface area contributed by atoms with E-state index in [1.165, 1.54) is 0 Å². The molecule has 1 aromatic heterocycles. The van der Waals surface area contributed by atoms with Gasteiger partial charge in [-0.25, -0.2) is 0 Å². The van der Waals surface area contributed by atoms with E-state index >= 15 is 0 Å². The summed E-state index contributed by atoms with van der Waals surface area (Å²) in [6, 6.07) is -0.196. The fourth-order valence-electron chi connectivity index (χ4n) is 1.25. The lowest BCUT2D eigenvalue weighted by Gasteiger charge is -2.17. The van der Waals surface area contributed by atoms with E-state index in [0.29, 0.717) is 17.6 Å². The van der Waals surface area contributed by atoms with Gasteiger partial charge in [-0.3, -0.25) is 0 Å². The molecule has 6 heteroatoms. The van der Waals surface area contributed by atoms with E-state index in [0.717, 1.165) is 11.1 Å². The summed E-state index contributed by atoms with van der Waals surface area (Å²) in [5.74, 6) is 0.623. The van der Waals surface area contributed by atoms with Crippen molar-refractivity contribution >= 4 is 17.4 Å². The summed E-state index contributed by atoms with van der Waals surface area (Å²) in [7, 11) is 1.58. The van der Waals surface area contributed by atoms with Crippen molar-refractivity contribution in [1.82, 2.24) is 10.2 Å². The standard InChI is InChI=1S/C10H16ClN3O2/c1-6-7(2)10(14-13-9(6)11)12-8(4-15)5-16-3/h8,15H,4-5H2,1-3H3,(H,12,14). The van der Waals surface area contributed by atoms with Gasteiger partial charge in [-0.1, -0.05) is 11.6 Å². The Labute approximate surface area is 99.8 Å². The smallest absolute Gasteiger partial charge is 0.155 e. The molecule has 0 fully saturated rings. The Morgan fingerprint density at radius 2 is 2.06 bits per heavy atom. The molecule has 0 saturated carbocycles. The number of halogens is 1. The molecule has 0 aromatic carbocycles. The first-order valence-electron chi connectivity index (χ1n) is 4.95. The van der Waals surface area contributed by atoms with Gasteiger partial charge in [0.15, 0.2) is 11.0 Å². The first kappa shape index (κ1) is 13.2. The number of hydrogen-bond donors (Lipinski definition) is 2. The van der Waals surface area contributed by atoms with E-state index in [-0.39, 0.29) is 12.6 Å². The first-order valence-corrected chi connectivity index (χ1v) is 5.33. The molecule has 1 heterocycles. The van der Waals surface area contributed by atoms with E-state index in [1.54, 1.807) is 7.11 Å². The van der Waals surface area contributed by atoms with Gasteiger partial charge in [0, 0.05) is 7.11 Å². The lowest BCUT2D eigenvalue weighted by atomic mass is 10.2. The molecule has 0 spiro atoms. The van der Waals surface area contributed by atoms with Crippen LogP contribution in [0.3, 0.4) is 0 Å². The summed E-state index contributed by atoms with van der Waals surface area (Å²) in [5.41, 5.74) is 1.81. The molecule has 0 amide bonds. The maximum absolute atomic E-state index is 9.12. The highest BCUT2D eigenvalue weighted by Crippen LogP contribution is 2.20. The van der Waals surface area contributed by atoms with E-state index in [9.17, 15) is 0 Å². The van der Waals surface area contributed by atoms with Crippen molar-refractivity contribution < 1.29 is 9.84 Å². The molecule has 1 unspecified atom stereocenters. The Hall–Kier alpha value is -0.910. The average Bonchev–Trinajstić information content (AvgIpc) is 2.29. The van der Waals surface area contributed by atoms with Crippen molar-refractivity contribution in [2.75, 3.05) is 25.6 Å². The normalized spacial score (nSPS) is 12.6. The highest BCUT2D eigenvalue weighted by atomic mass is 35.5. The van der Waals surface area contributed by atoms with Crippen molar-refractivity contribution in [2.45, 2.75) is 19.9 Å². The van der Waals surface area contributed by atoms with Gasteiger partial charge in [0.25, 0.3) is 0 Å². The lowest BCUT2D eigenvalue weighted by Crippen LogP contribution is -2.29. The number of hydrogen-bond acceptors (Lipinski definition) is 5. The Balaban J connectivity index is 2.84. The molecule has 5 nitrogen and oxygen atoms in total. The molecule has 0 aliphatic rings. The van der Waals surface area contributed by atoms with Crippen LogP contribution in [0.4, 0.5) is 5.82 Å². The monoisotopic (exact) mass is 245 g/mol. The third kappa shape index (κ3) is 3.04. The second-order valence-corrected chi connectivity index (χ2v) is 3.93. The van der Waals surface area contributed by atoms with Gasteiger partial charge >= 0.3 is 0 Å². The number of nitrogens with zero attached hydrogens (tertiary/aromatic N) is 2. The van der Waals surface area contributed by atoms with Crippen LogP contribution in [0.1, 0.15) is 11.1 Å². The second-order valence-electron chi connectivity index (χ2n) is 3.57. The van der Waals surface area contributed by atoms with Gasteiger partial charge in [0.05, 0.1) is 19.3 Å².